The van der Waals surface area contributed by atoms with Crippen molar-refractivity contribution in [3.8, 4) is 0 Å². The molecule has 1 aromatic rings. The van der Waals surface area contributed by atoms with E-state index in [0.717, 1.165) is 0 Å². The lowest BCUT2D eigenvalue weighted by atomic mass is 9.93. The molecule has 0 spiro atoms. The zero-order valence-electron chi connectivity index (χ0n) is 7.71. The largest absolute Gasteiger partial charge is 0.318 e. The molecule has 0 bridgehead atoms. The third kappa shape index (κ3) is 1.27. The first kappa shape index (κ1) is 8.45. The van der Waals surface area contributed by atoms with Gasteiger partial charge in [0.05, 0.1) is 5.54 Å². The van der Waals surface area contributed by atoms with E-state index in [-0.39, 0.29) is 5.78 Å². The van der Waals surface area contributed by atoms with Crippen molar-refractivity contribution in [2.24, 2.45) is 5.73 Å². The molecule has 13 heavy (non-hydrogen) atoms. The zero-order valence-corrected chi connectivity index (χ0v) is 7.71. The van der Waals surface area contributed by atoms with Gasteiger partial charge in [-0.15, -0.1) is 0 Å². The van der Waals surface area contributed by atoms with E-state index < -0.39 is 5.54 Å². The predicted molar refractivity (Wildman–Crippen MR) is 51.4 cm³/mol. The molecule has 0 atom stereocenters. The molecule has 1 aliphatic carbocycles. The third-order valence-electron chi connectivity index (χ3n) is 2.83. The van der Waals surface area contributed by atoms with Crippen molar-refractivity contribution in [1.29, 1.82) is 0 Å². The minimum absolute atomic E-state index is 0.0868. The van der Waals surface area contributed by atoms with Crippen LogP contribution in [0, 0.1) is 0 Å². The molecule has 1 aromatic carbocycles. The molecule has 2 rings (SSSR count). The molecule has 2 heteroatoms. The highest BCUT2D eigenvalue weighted by atomic mass is 16.1. The van der Waals surface area contributed by atoms with Gasteiger partial charge >= 0.3 is 0 Å². The molecule has 0 amide bonds. The van der Waals surface area contributed by atoms with E-state index in [0.29, 0.717) is 12.8 Å². The minimum atomic E-state index is -0.635. The quantitative estimate of drug-likeness (QED) is 0.693. The molecule has 0 heterocycles. The molecule has 0 fully saturated rings. The Morgan fingerprint density at radius 3 is 2.15 bits per heavy atom. The summed E-state index contributed by atoms with van der Waals surface area (Å²) in [5, 5.41) is 0. The van der Waals surface area contributed by atoms with Crippen molar-refractivity contribution in [2.45, 2.75) is 25.3 Å². The van der Waals surface area contributed by atoms with Gasteiger partial charge in [0, 0.05) is 0 Å². The maximum Gasteiger partial charge on any atom is 0.150 e. The van der Waals surface area contributed by atoms with Crippen LogP contribution in [0.3, 0.4) is 0 Å². The smallest absolute Gasteiger partial charge is 0.150 e. The van der Waals surface area contributed by atoms with Gasteiger partial charge in [0.25, 0.3) is 0 Å². The van der Waals surface area contributed by atoms with Crippen LogP contribution in [0.4, 0.5) is 0 Å². The first-order valence-corrected chi connectivity index (χ1v) is 4.48. The predicted octanol–water partition coefficient (Wildman–Crippen LogP) is 1.07. The van der Waals surface area contributed by atoms with E-state index >= 15 is 0 Å². The van der Waals surface area contributed by atoms with Crippen molar-refractivity contribution < 1.29 is 4.79 Å². The first-order chi connectivity index (χ1) is 6.12. The van der Waals surface area contributed by atoms with Gasteiger partial charge in [-0.3, -0.25) is 4.79 Å². The van der Waals surface area contributed by atoms with E-state index in [1.165, 1.54) is 11.1 Å². The van der Waals surface area contributed by atoms with Crippen molar-refractivity contribution in [3.63, 3.8) is 0 Å². The Balaban J connectivity index is 2.37. The molecular weight excluding hydrogens is 162 g/mol. The van der Waals surface area contributed by atoms with E-state index in [1.54, 1.807) is 6.92 Å². The fraction of sp³-hybridized carbons (Fsp3) is 0.364. The molecule has 1 aliphatic rings. The van der Waals surface area contributed by atoms with Crippen LogP contribution in [0.1, 0.15) is 18.1 Å². The molecule has 2 nitrogen and oxygen atoms in total. The molecule has 2 N–H and O–H groups in total. The Bertz CT molecular complexity index is 332. The Morgan fingerprint density at radius 2 is 1.77 bits per heavy atom. The highest BCUT2D eigenvalue weighted by Gasteiger charge is 2.37. The summed E-state index contributed by atoms with van der Waals surface area (Å²) in [6.45, 7) is 1.58. The lowest BCUT2D eigenvalue weighted by Crippen LogP contribution is -2.47. The number of ketones is 1. The fourth-order valence-electron chi connectivity index (χ4n) is 1.89. The Labute approximate surface area is 77.8 Å². The molecule has 0 radical (unpaired) electrons. The topological polar surface area (TPSA) is 43.1 Å². The summed E-state index contributed by atoms with van der Waals surface area (Å²) in [6.07, 6.45) is 1.39. The highest BCUT2D eigenvalue weighted by Crippen LogP contribution is 2.28. The maximum absolute atomic E-state index is 11.3. The van der Waals surface area contributed by atoms with Crippen molar-refractivity contribution in [1.82, 2.24) is 0 Å². The summed E-state index contributed by atoms with van der Waals surface area (Å²) in [6, 6.07) is 8.08. The Hall–Kier alpha value is -1.15. The maximum atomic E-state index is 11.3. The first-order valence-electron chi connectivity index (χ1n) is 4.48. The molecule has 0 aromatic heterocycles. The van der Waals surface area contributed by atoms with Gasteiger partial charge in [0.15, 0.2) is 0 Å². The van der Waals surface area contributed by atoms with Crippen LogP contribution >= 0.6 is 0 Å². The summed E-state index contributed by atoms with van der Waals surface area (Å²) in [7, 11) is 0. The van der Waals surface area contributed by atoms with Gasteiger partial charge in [-0.25, -0.2) is 0 Å². The van der Waals surface area contributed by atoms with Crippen LogP contribution in [0.15, 0.2) is 24.3 Å². The monoisotopic (exact) mass is 175 g/mol. The summed E-state index contributed by atoms with van der Waals surface area (Å²) in [5.41, 5.74) is 7.81. The summed E-state index contributed by atoms with van der Waals surface area (Å²) in [5.74, 6) is 0.0868. The number of benzene rings is 1. The second-order valence-electron chi connectivity index (χ2n) is 3.83. The Kier molecular flexibility index (Phi) is 1.74. The number of hydrogen-bond acceptors (Lipinski definition) is 2. The van der Waals surface area contributed by atoms with Crippen LogP contribution < -0.4 is 5.73 Å². The SMILES string of the molecule is CC(=O)C1(N)Cc2ccccc2C1. The highest BCUT2D eigenvalue weighted by molar-refractivity contribution is 5.87. The lowest BCUT2D eigenvalue weighted by molar-refractivity contribution is -0.121. The number of nitrogens with two attached hydrogens (primary N) is 1. The van der Waals surface area contributed by atoms with Crippen molar-refractivity contribution >= 4 is 5.78 Å². The van der Waals surface area contributed by atoms with E-state index in [1.807, 2.05) is 24.3 Å². The van der Waals surface area contributed by atoms with Gasteiger partial charge in [-0.05, 0) is 30.9 Å². The third-order valence-corrected chi connectivity index (χ3v) is 2.83. The van der Waals surface area contributed by atoms with Gasteiger partial charge < -0.3 is 5.73 Å². The molecule has 68 valence electrons. The molecule has 0 aliphatic heterocycles. The van der Waals surface area contributed by atoms with Crippen LogP contribution in [-0.2, 0) is 17.6 Å². The standard InChI is InChI=1S/C11H13NO/c1-8(13)11(12)6-9-4-2-3-5-10(9)7-11/h2-5H,6-7,12H2,1H3. The minimum Gasteiger partial charge on any atom is -0.318 e. The van der Waals surface area contributed by atoms with Crippen molar-refractivity contribution in [2.75, 3.05) is 0 Å². The Morgan fingerprint density at radius 1 is 1.31 bits per heavy atom. The number of rotatable bonds is 1. The number of carbonyl (C=O) groups excluding carboxylic acids is 1. The normalized spacial score (nSPS) is 18.3. The van der Waals surface area contributed by atoms with E-state index in [2.05, 4.69) is 0 Å². The molecule has 0 unspecified atom stereocenters. The number of carbonyl (C=O) groups is 1. The molecule has 0 saturated heterocycles. The van der Waals surface area contributed by atoms with Crippen LogP contribution in [-0.4, -0.2) is 11.3 Å². The lowest BCUT2D eigenvalue weighted by Gasteiger charge is -2.18. The summed E-state index contributed by atoms with van der Waals surface area (Å²) in [4.78, 5) is 11.3. The van der Waals surface area contributed by atoms with Gasteiger partial charge in [-0.1, -0.05) is 24.3 Å². The molecular formula is C11H13NO. The average Bonchev–Trinajstić information content (AvgIpc) is 2.42. The second kappa shape index (κ2) is 2.67. The van der Waals surface area contributed by atoms with Gasteiger partial charge in [-0.2, -0.15) is 0 Å². The number of fused-ring (bicyclic) bond motifs is 1. The summed E-state index contributed by atoms with van der Waals surface area (Å²) < 4.78 is 0. The van der Waals surface area contributed by atoms with Gasteiger partial charge in [0.2, 0.25) is 0 Å². The number of hydrogen-bond donors (Lipinski definition) is 1. The van der Waals surface area contributed by atoms with E-state index in [9.17, 15) is 4.79 Å². The second-order valence-corrected chi connectivity index (χ2v) is 3.83. The molecule has 0 saturated carbocycles. The van der Waals surface area contributed by atoms with Gasteiger partial charge in [0.1, 0.15) is 5.78 Å². The zero-order chi connectivity index (χ0) is 9.47. The number of Topliss-reactive ketones (excluding diaryl/α,β-unsaturated/α-hetero) is 1. The van der Waals surface area contributed by atoms with Crippen LogP contribution in [0.25, 0.3) is 0 Å². The fourth-order valence-corrected chi connectivity index (χ4v) is 1.89. The van der Waals surface area contributed by atoms with E-state index in [4.69, 9.17) is 5.73 Å². The van der Waals surface area contributed by atoms with Crippen LogP contribution in [0.5, 0.6) is 0 Å². The summed E-state index contributed by atoms with van der Waals surface area (Å²) >= 11 is 0. The van der Waals surface area contributed by atoms with Crippen LogP contribution in [0.2, 0.25) is 0 Å². The van der Waals surface area contributed by atoms with Crippen molar-refractivity contribution in [3.05, 3.63) is 35.4 Å². The average molecular weight is 175 g/mol.